The summed E-state index contributed by atoms with van der Waals surface area (Å²) in [6, 6.07) is 0. The predicted molar refractivity (Wildman–Crippen MR) is 33.8 cm³/mol. The average molecular weight is 208 g/mol. The molecule has 0 N–H and O–H groups in total. The lowest BCUT2D eigenvalue weighted by Crippen LogP contribution is -2.38. The number of nitrogens with zero attached hydrogens (tertiary/aromatic N) is 1. The third-order valence-electron chi connectivity index (χ3n) is 0.767. The van der Waals surface area contributed by atoms with E-state index in [1.54, 1.807) is 0 Å². The van der Waals surface area contributed by atoms with Crippen molar-refractivity contribution in [1.29, 1.82) is 5.26 Å². The molecule has 11 heavy (non-hydrogen) atoms. The molecule has 0 bridgehead atoms. The summed E-state index contributed by atoms with van der Waals surface area (Å²) in [7, 11) is 0. The number of rotatable bonds is 3. The molecule has 0 aromatic carbocycles. The van der Waals surface area contributed by atoms with Gasteiger partial charge in [-0.3, -0.25) is 0 Å². The van der Waals surface area contributed by atoms with Crippen LogP contribution in [0.1, 0.15) is 0 Å². The molecule has 0 fully saturated rings. The molecule has 0 aromatic heterocycles. The van der Waals surface area contributed by atoms with Crippen LogP contribution in [0.15, 0.2) is 0 Å². The first kappa shape index (κ1) is 10.8. The van der Waals surface area contributed by atoms with Gasteiger partial charge in [0.25, 0.3) is 0 Å². The summed E-state index contributed by atoms with van der Waals surface area (Å²) in [4.78, 5) is 0. The van der Waals surface area contributed by atoms with Gasteiger partial charge < -0.3 is 0 Å². The molecule has 0 rings (SSSR count). The minimum Gasteiger partial charge on any atom is -0.197 e. The highest BCUT2D eigenvalue weighted by Crippen LogP contribution is 2.43. The topological polar surface area (TPSA) is 23.8 Å². The van der Waals surface area contributed by atoms with Crippen molar-refractivity contribution < 1.29 is 17.6 Å². The van der Waals surface area contributed by atoms with E-state index in [1.807, 2.05) is 0 Å². The van der Waals surface area contributed by atoms with Gasteiger partial charge in [0.2, 0.25) is 0 Å². The Morgan fingerprint density at radius 3 is 2.09 bits per heavy atom. The fraction of sp³-hybridized carbons (Fsp3) is 0.750. The number of hydrogen-bond acceptors (Lipinski definition) is 2. The highest BCUT2D eigenvalue weighted by atomic mass is 35.5. The molecule has 7 heteroatoms. The summed E-state index contributed by atoms with van der Waals surface area (Å²) in [5.74, 6) is -5.84. The number of alkyl halides is 5. The Morgan fingerprint density at radius 1 is 1.36 bits per heavy atom. The highest BCUT2D eigenvalue weighted by molar-refractivity contribution is 8.04. The van der Waals surface area contributed by atoms with Crippen molar-refractivity contribution in [2.45, 2.75) is 11.2 Å². The van der Waals surface area contributed by atoms with E-state index < -0.39 is 28.8 Å². The maximum Gasteiger partial charge on any atom is 0.370 e. The predicted octanol–water partition coefficient (Wildman–Crippen LogP) is 2.67. The van der Waals surface area contributed by atoms with Gasteiger partial charge in [-0.25, -0.2) is 0 Å². The fourth-order valence-corrected chi connectivity index (χ4v) is 0.793. The van der Waals surface area contributed by atoms with Gasteiger partial charge >= 0.3 is 11.2 Å². The van der Waals surface area contributed by atoms with Crippen LogP contribution in [0.2, 0.25) is 0 Å². The van der Waals surface area contributed by atoms with Crippen LogP contribution in [0.5, 0.6) is 0 Å². The number of thiocyanates is 1. The van der Waals surface area contributed by atoms with E-state index in [0.29, 0.717) is 0 Å². The average Bonchev–Trinajstić information content (AvgIpc) is 1.87. The Morgan fingerprint density at radius 2 is 1.82 bits per heavy atom. The normalized spacial score (nSPS) is 12.7. The van der Waals surface area contributed by atoms with Crippen LogP contribution in [0, 0.1) is 10.7 Å². The molecule has 0 atom stereocenters. The molecule has 0 radical (unpaired) electrons. The van der Waals surface area contributed by atoms with Gasteiger partial charge in [-0.2, -0.15) is 22.8 Å². The summed E-state index contributed by atoms with van der Waals surface area (Å²) in [5, 5.41) is 4.18. The first-order valence-electron chi connectivity index (χ1n) is 2.26. The van der Waals surface area contributed by atoms with Crippen LogP contribution in [-0.4, -0.2) is 17.1 Å². The fourth-order valence-electron chi connectivity index (χ4n) is 0.210. The van der Waals surface area contributed by atoms with Gasteiger partial charge in [-0.05, 0) is 0 Å². The zero-order chi connectivity index (χ0) is 9.12. The SMILES string of the molecule is N#CSC(F)(F)C(F)(F)CCl. The van der Waals surface area contributed by atoms with Crippen LogP contribution in [-0.2, 0) is 0 Å². The second-order valence-corrected chi connectivity index (χ2v) is 2.71. The second-order valence-electron chi connectivity index (χ2n) is 1.55. The van der Waals surface area contributed by atoms with Crippen LogP contribution in [0.4, 0.5) is 17.6 Å². The largest absolute Gasteiger partial charge is 0.370 e. The van der Waals surface area contributed by atoms with Gasteiger partial charge in [0.1, 0.15) is 5.40 Å². The van der Waals surface area contributed by atoms with Crippen LogP contribution in [0.3, 0.4) is 0 Å². The minimum absolute atomic E-state index is 0.797. The summed E-state index contributed by atoms with van der Waals surface area (Å²) < 4.78 is 48.3. The quantitative estimate of drug-likeness (QED) is 0.404. The van der Waals surface area contributed by atoms with Gasteiger partial charge in [0, 0.05) is 11.8 Å². The number of halogens is 5. The molecular formula is C4H2ClF4NS. The highest BCUT2D eigenvalue weighted by Gasteiger charge is 2.56. The molecule has 1 nitrogen and oxygen atoms in total. The summed E-state index contributed by atoms with van der Waals surface area (Å²) in [5.41, 5.74) is 0. The van der Waals surface area contributed by atoms with E-state index in [1.165, 1.54) is 0 Å². The molecule has 0 aliphatic rings. The molecule has 0 aliphatic heterocycles. The van der Waals surface area contributed by atoms with Crippen molar-refractivity contribution >= 4 is 23.4 Å². The Bertz CT molecular complexity index is 177. The van der Waals surface area contributed by atoms with Crippen molar-refractivity contribution in [1.82, 2.24) is 0 Å². The molecule has 0 saturated heterocycles. The zero-order valence-corrected chi connectivity index (χ0v) is 6.52. The Kier molecular flexibility index (Phi) is 3.45. The third kappa shape index (κ3) is 2.42. The van der Waals surface area contributed by atoms with Crippen molar-refractivity contribution in [3.8, 4) is 5.40 Å². The Labute approximate surface area is 69.3 Å². The van der Waals surface area contributed by atoms with E-state index in [2.05, 4.69) is 11.6 Å². The first-order valence-corrected chi connectivity index (χ1v) is 3.61. The number of thioether (sulfide) groups is 1. The number of nitriles is 1. The molecule has 0 saturated carbocycles. The monoisotopic (exact) mass is 207 g/mol. The molecule has 0 heterocycles. The van der Waals surface area contributed by atoms with Gasteiger partial charge in [0.05, 0.1) is 5.88 Å². The van der Waals surface area contributed by atoms with Crippen LogP contribution < -0.4 is 0 Å². The second kappa shape index (κ2) is 3.50. The lowest BCUT2D eigenvalue weighted by atomic mass is 10.4. The first-order chi connectivity index (χ1) is 4.87. The van der Waals surface area contributed by atoms with E-state index >= 15 is 0 Å². The van der Waals surface area contributed by atoms with Crippen molar-refractivity contribution in [3.05, 3.63) is 0 Å². The standard InChI is InChI=1S/C4H2ClF4NS/c5-1-3(6,7)4(8,9)11-2-10/h1H2. The summed E-state index contributed by atoms with van der Waals surface area (Å²) >= 11 is 3.76. The molecular weight excluding hydrogens is 206 g/mol. The van der Waals surface area contributed by atoms with Crippen molar-refractivity contribution in [2.75, 3.05) is 5.88 Å². The van der Waals surface area contributed by atoms with Crippen LogP contribution in [0.25, 0.3) is 0 Å². The lowest BCUT2D eigenvalue weighted by Gasteiger charge is -2.20. The maximum atomic E-state index is 12.1. The van der Waals surface area contributed by atoms with Crippen LogP contribution >= 0.6 is 23.4 Å². The molecule has 0 aromatic rings. The minimum atomic E-state index is -4.41. The Balaban J connectivity index is 4.42. The maximum absolute atomic E-state index is 12.1. The summed E-state index contributed by atoms with van der Waals surface area (Å²) in [6.07, 6.45) is 0. The smallest absolute Gasteiger partial charge is 0.197 e. The van der Waals surface area contributed by atoms with Gasteiger partial charge in [0.15, 0.2) is 0 Å². The van der Waals surface area contributed by atoms with E-state index in [9.17, 15) is 17.6 Å². The summed E-state index contributed by atoms with van der Waals surface area (Å²) in [6.45, 7) is 0. The van der Waals surface area contributed by atoms with Crippen molar-refractivity contribution in [2.24, 2.45) is 0 Å². The van der Waals surface area contributed by atoms with Gasteiger partial charge in [-0.15, -0.1) is 11.6 Å². The van der Waals surface area contributed by atoms with E-state index in [-0.39, 0.29) is 0 Å². The van der Waals surface area contributed by atoms with Gasteiger partial charge in [-0.1, -0.05) is 0 Å². The molecule has 64 valence electrons. The van der Waals surface area contributed by atoms with E-state index in [4.69, 9.17) is 5.26 Å². The lowest BCUT2D eigenvalue weighted by molar-refractivity contribution is -0.134. The molecule has 0 unspecified atom stereocenters. The number of hydrogen-bond donors (Lipinski definition) is 0. The zero-order valence-electron chi connectivity index (χ0n) is 4.95. The van der Waals surface area contributed by atoms with E-state index in [0.717, 1.165) is 5.40 Å². The van der Waals surface area contributed by atoms with Crippen molar-refractivity contribution in [3.63, 3.8) is 0 Å². The molecule has 0 amide bonds. The Hall–Kier alpha value is -0.150. The molecule has 0 aliphatic carbocycles. The molecule has 0 spiro atoms. The third-order valence-corrected chi connectivity index (χ3v) is 1.75.